The zero-order valence-electron chi connectivity index (χ0n) is 14.6. The van der Waals surface area contributed by atoms with E-state index in [4.69, 9.17) is 16.3 Å². The van der Waals surface area contributed by atoms with Crippen LogP contribution in [-0.4, -0.2) is 13.0 Å². The van der Waals surface area contributed by atoms with Gasteiger partial charge in [0.1, 0.15) is 11.6 Å². The standard InChI is InChI=1S/C21H18ClFN2O2/c1-27-17-11-5-14(6-12-17)13-24-15-7-9-16(10-8-15)25-21(26)20-18(22)3-2-4-19(20)23/h2-12,24H,13H2,1H3,(H,25,26). The molecule has 1 amide bonds. The first-order valence-electron chi connectivity index (χ1n) is 8.29. The van der Waals surface area contributed by atoms with Crippen molar-refractivity contribution in [2.75, 3.05) is 17.7 Å². The highest BCUT2D eigenvalue weighted by atomic mass is 35.5. The summed E-state index contributed by atoms with van der Waals surface area (Å²) in [5.41, 5.74) is 2.39. The number of rotatable bonds is 6. The minimum absolute atomic E-state index is 0.0743. The Balaban J connectivity index is 1.60. The van der Waals surface area contributed by atoms with Crippen molar-refractivity contribution < 1.29 is 13.9 Å². The lowest BCUT2D eigenvalue weighted by atomic mass is 10.2. The summed E-state index contributed by atoms with van der Waals surface area (Å²) < 4.78 is 19.0. The lowest BCUT2D eigenvalue weighted by molar-refractivity contribution is 0.102. The van der Waals surface area contributed by atoms with E-state index < -0.39 is 11.7 Å². The number of hydrogen-bond donors (Lipinski definition) is 2. The predicted octanol–water partition coefficient (Wildman–Crippen LogP) is 5.35. The predicted molar refractivity (Wildman–Crippen MR) is 106 cm³/mol. The van der Waals surface area contributed by atoms with E-state index in [-0.39, 0.29) is 10.6 Å². The molecular weight excluding hydrogens is 367 g/mol. The van der Waals surface area contributed by atoms with Crippen molar-refractivity contribution in [3.8, 4) is 5.75 Å². The third-order valence-electron chi connectivity index (χ3n) is 3.99. The zero-order valence-corrected chi connectivity index (χ0v) is 15.4. The molecule has 0 aliphatic rings. The van der Waals surface area contributed by atoms with Crippen LogP contribution < -0.4 is 15.4 Å². The summed E-state index contributed by atoms with van der Waals surface area (Å²) in [6.07, 6.45) is 0. The van der Waals surface area contributed by atoms with Gasteiger partial charge in [0.15, 0.2) is 0 Å². The summed E-state index contributed by atoms with van der Waals surface area (Å²) in [5.74, 6) is -0.427. The van der Waals surface area contributed by atoms with E-state index in [0.29, 0.717) is 12.2 Å². The zero-order chi connectivity index (χ0) is 19.2. The number of halogens is 2. The van der Waals surface area contributed by atoms with Crippen LogP contribution in [0.3, 0.4) is 0 Å². The van der Waals surface area contributed by atoms with Gasteiger partial charge in [-0.1, -0.05) is 29.8 Å². The van der Waals surface area contributed by atoms with Gasteiger partial charge in [-0.05, 0) is 54.1 Å². The molecule has 0 aliphatic carbocycles. The van der Waals surface area contributed by atoms with Crippen LogP contribution in [0.15, 0.2) is 66.7 Å². The van der Waals surface area contributed by atoms with Gasteiger partial charge in [0, 0.05) is 17.9 Å². The first-order valence-corrected chi connectivity index (χ1v) is 8.67. The number of hydrogen-bond acceptors (Lipinski definition) is 3. The van der Waals surface area contributed by atoms with Crippen molar-refractivity contribution in [2.45, 2.75) is 6.54 Å². The average Bonchev–Trinajstić information content (AvgIpc) is 2.68. The highest BCUT2D eigenvalue weighted by Gasteiger charge is 2.15. The molecule has 0 heterocycles. The molecule has 27 heavy (non-hydrogen) atoms. The molecule has 0 fully saturated rings. The molecule has 0 saturated heterocycles. The molecule has 3 rings (SSSR count). The number of ether oxygens (including phenoxy) is 1. The van der Waals surface area contributed by atoms with Gasteiger partial charge in [-0.2, -0.15) is 0 Å². The molecule has 6 heteroatoms. The Hall–Kier alpha value is -3.05. The van der Waals surface area contributed by atoms with Gasteiger partial charge in [-0.15, -0.1) is 0 Å². The third-order valence-corrected chi connectivity index (χ3v) is 4.30. The van der Waals surface area contributed by atoms with E-state index in [9.17, 15) is 9.18 Å². The van der Waals surface area contributed by atoms with E-state index in [1.807, 2.05) is 36.4 Å². The summed E-state index contributed by atoms with van der Waals surface area (Å²) in [7, 11) is 1.63. The summed E-state index contributed by atoms with van der Waals surface area (Å²) in [4.78, 5) is 12.2. The van der Waals surface area contributed by atoms with Crippen molar-refractivity contribution in [3.63, 3.8) is 0 Å². The first-order chi connectivity index (χ1) is 13.1. The van der Waals surface area contributed by atoms with E-state index in [1.165, 1.54) is 18.2 Å². The Morgan fingerprint density at radius 3 is 2.30 bits per heavy atom. The Kier molecular flexibility index (Phi) is 5.94. The lowest BCUT2D eigenvalue weighted by Gasteiger charge is -2.10. The van der Waals surface area contributed by atoms with Gasteiger partial charge in [0.05, 0.1) is 17.7 Å². The van der Waals surface area contributed by atoms with Crippen LogP contribution >= 0.6 is 11.6 Å². The van der Waals surface area contributed by atoms with Gasteiger partial charge in [0.2, 0.25) is 0 Å². The number of methoxy groups -OCH3 is 1. The summed E-state index contributed by atoms with van der Waals surface area (Å²) >= 11 is 5.92. The van der Waals surface area contributed by atoms with Gasteiger partial charge < -0.3 is 15.4 Å². The van der Waals surface area contributed by atoms with Gasteiger partial charge in [0.25, 0.3) is 5.91 Å². The molecule has 3 aromatic carbocycles. The average molecular weight is 385 g/mol. The largest absolute Gasteiger partial charge is 0.497 e. The topological polar surface area (TPSA) is 50.4 Å². The second-order valence-corrected chi connectivity index (χ2v) is 6.24. The maximum absolute atomic E-state index is 13.8. The van der Waals surface area contributed by atoms with Crippen LogP contribution in [0, 0.1) is 5.82 Å². The molecule has 0 saturated carbocycles. The summed E-state index contributed by atoms with van der Waals surface area (Å²) in [6.45, 7) is 0.653. The highest BCUT2D eigenvalue weighted by Crippen LogP contribution is 2.21. The number of anilines is 2. The number of benzene rings is 3. The summed E-state index contributed by atoms with van der Waals surface area (Å²) in [6, 6.07) is 19.1. The molecule has 0 atom stereocenters. The van der Waals surface area contributed by atoms with Crippen LogP contribution in [0.4, 0.5) is 15.8 Å². The lowest BCUT2D eigenvalue weighted by Crippen LogP contribution is -2.14. The quantitative estimate of drug-likeness (QED) is 0.602. The smallest absolute Gasteiger partial charge is 0.260 e. The van der Waals surface area contributed by atoms with Gasteiger partial charge in [-0.3, -0.25) is 4.79 Å². The molecule has 0 aromatic heterocycles. The van der Waals surface area contributed by atoms with Crippen molar-refractivity contribution in [1.29, 1.82) is 0 Å². The monoisotopic (exact) mass is 384 g/mol. The van der Waals surface area contributed by atoms with E-state index in [1.54, 1.807) is 19.2 Å². The maximum atomic E-state index is 13.8. The number of carbonyl (C=O) groups excluding carboxylic acids is 1. The second-order valence-electron chi connectivity index (χ2n) is 5.83. The van der Waals surface area contributed by atoms with Crippen molar-refractivity contribution >= 4 is 28.9 Å². The van der Waals surface area contributed by atoms with Gasteiger partial charge in [-0.25, -0.2) is 4.39 Å². The molecule has 0 unspecified atom stereocenters. The minimum atomic E-state index is -0.655. The highest BCUT2D eigenvalue weighted by molar-refractivity contribution is 6.34. The molecular formula is C21H18ClFN2O2. The second kappa shape index (κ2) is 8.56. The minimum Gasteiger partial charge on any atom is -0.497 e. The Bertz CT molecular complexity index is 908. The molecule has 0 radical (unpaired) electrons. The Labute approximate surface area is 161 Å². The van der Waals surface area contributed by atoms with Crippen molar-refractivity contribution in [1.82, 2.24) is 0 Å². The first kappa shape index (κ1) is 18.7. The summed E-state index contributed by atoms with van der Waals surface area (Å²) in [5, 5.41) is 6.02. The Morgan fingerprint density at radius 1 is 1.00 bits per heavy atom. The Morgan fingerprint density at radius 2 is 1.67 bits per heavy atom. The van der Waals surface area contributed by atoms with Crippen LogP contribution in [0.25, 0.3) is 0 Å². The third kappa shape index (κ3) is 4.77. The van der Waals surface area contributed by atoms with Crippen LogP contribution in [-0.2, 0) is 6.54 Å². The van der Waals surface area contributed by atoms with Gasteiger partial charge >= 0.3 is 0 Å². The van der Waals surface area contributed by atoms with Crippen molar-refractivity contribution in [2.24, 2.45) is 0 Å². The van der Waals surface area contributed by atoms with E-state index in [2.05, 4.69) is 10.6 Å². The normalized spacial score (nSPS) is 10.3. The molecule has 0 spiro atoms. The molecule has 0 bridgehead atoms. The molecule has 4 nitrogen and oxygen atoms in total. The SMILES string of the molecule is COc1ccc(CNc2ccc(NC(=O)c3c(F)cccc3Cl)cc2)cc1. The fourth-order valence-corrected chi connectivity index (χ4v) is 2.78. The molecule has 0 aliphatic heterocycles. The fourth-order valence-electron chi connectivity index (χ4n) is 2.53. The fraction of sp³-hybridized carbons (Fsp3) is 0.0952. The number of amides is 1. The van der Waals surface area contributed by atoms with Crippen LogP contribution in [0.5, 0.6) is 5.75 Å². The van der Waals surface area contributed by atoms with Crippen LogP contribution in [0.1, 0.15) is 15.9 Å². The molecule has 2 N–H and O–H groups in total. The molecule has 3 aromatic rings. The van der Waals surface area contributed by atoms with Crippen LogP contribution in [0.2, 0.25) is 5.02 Å². The number of nitrogens with one attached hydrogen (secondary N) is 2. The molecule has 138 valence electrons. The maximum Gasteiger partial charge on any atom is 0.260 e. The van der Waals surface area contributed by atoms with Crippen molar-refractivity contribution in [3.05, 3.63) is 88.7 Å². The van der Waals surface area contributed by atoms with E-state index >= 15 is 0 Å². The van der Waals surface area contributed by atoms with E-state index in [0.717, 1.165) is 17.0 Å². The number of carbonyl (C=O) groups is 1.